The molecule has 0 aliphatic heterocycles. The van der Waals surface area contributed by atoms with Gasteiger partial charge in [0.2, 0.25) is 5.91 Å². The Labute approximate surface area is 121 Å². The van der Waals surface area contributed by atoms with Crippen molar-refractivity contribution in [2.24, 2.45) is 0 Å². The van der Waals surface area contributed by atoms with Gasteiger partial charge in [-0.1, -0.05) is 25.0 Å². The van der Waals surface area contributed by atoms with Gasteiger partial charge in [-0.15, -0.1) is 0 Å². The third-order valence-electron chi connectivity index (χ3n) is 4.02. The SMILES string of the molecule is O=C(Cn1c(=O)oc2ccccc21)NCC1(O)CCCC1. The molecule has 1 aromatic carbocycles. The highest BCUT2D eigenvalue weighted by molar-refractivity contribution is 5.79. The number of hydrogen-bond donors (Lipinski definition) is 2. The Morgan fingerprint density at radius 2 is 2.05 bits per heavy atom. The number of hydrogen-bond acceptors (Lipinski definition) is 4. The third-order valence-corrected chi connectivity index (χ3v) is 4.02. The van der Waals surface area contributed by atoms with Gasteiger partial charge in [0.25, 0.3) is 0 Å². The Kier molecular flexibility index (Phi) is 3.55. The van der Waals surface area contributed by atoms with Crippen molar-refractivity contribution in [2.75, 3.05) is 6.54 Å². The number of rotatable bonds is 4. The largest absolute Gasteiger partial charge is 0.420 e. The Hall–Kier alpha value is -2.08. The van der Waals surface area contributed by atoms with Crippen LogP contribution in [0.5, 0.6) is 0 Å². The molecule has 1 aliphatic rings. The highest BCUT2D eigenvalue weighted by Crippen LogP contribution is 2.28. The summed E-state index contributed by atoms with van der Waals surface area (Å²) in [4.78, 5) is 23.7. The third kappa shape index (κ3) is 2.85. The average Bonchev–Trinajstić information content (AvgIpc) is 3.03. The van der Waals surface area contributed by atoms with Gasteiger partial charge in [0.05, 0.1) is 11.1 Å². The highest BCUT2D eigenvalue weighted by Gasteiger charge is 2.31. The van der Waals surface area contributed by atoms with Crippen LogP contribution in [0.15, 0.2) is 33.5 Å². The minimum absolute atomic E-state index is 0.105. The van der Waals surface area contributed by atoms with Crippen molar-refractivity contribution < 1.29 is 14.3 Å². The Morgan fingerprint density at radius 1 is 1.33 bits per heavy atom. The van der Waals surface area contributed by atoms with E-state index < -0.39 is 11.4 Å². The van der Waals surface area contributed by atoms with Gasteiger partial charge in [-0.05, 0) is 25.0 Å². The van der Waals surface area contributed by atoms with Crippen LogP contribution in [0, 0.1) is 0 Å². The first-order chi connectivity index (χ1) is 10.1. The minimum atomic E-state index is -0.793. The monoisotopic (exact) mass is 290 g/mol. The summed E-state index contributed by atoms with van der Waals surface area (Å²) in [7, 11) is 0. The highest BCUT2D eigenvalue weighted by atomic mass is 16.4. The van der Waals surface area contributed by atoms with Crippen LogP contribution < -0.4 is 11.1 Å². The van der Waals surface area contributed by atoms with Crippen LogP contribution in [0.3, 0.4) is 0 Å². The second-order valence-corrected chi connectivity index (χ2v) is 5.63. The summed E-state index contributed by atoms with van der Waals surface area (Å²) in [5, 5.41) is 12.9. The van der Waals surface area contributed by atoms with Crippen molar-refractivity contribution >= 4 is 17.0 Å². The van der Waals surface area contributed by atoms with E-state index in [0.717, 1.165) is 12.8 Å². The number of fused-ring (bicyclic) bond motifs is 1. The molecule has 1 fully saturated rings. The molecule has 2 N–H and O–H groups in total. The fourth-order valence-corrected chi connectivity index (χ4v) is 2.84. The summed E-state index contributed by atoms with van der Waals surface area (Å²) in [5.74, 6) is -0.852. The number of oxazole rings is 1. The summed E-state index contributed by atoms with van der Waals surface area (Å²) in [6, 6.07) is 6.97. The van der Waals surface area contributed by atoms with Gasteiger partial charge >= 0.3 is 5.76 Å². The van der Waals surface area contributed by atoms with Crippen LogP contribution in [0.4, 0.5) is 0 Å². The second kappa shape index (κ2) is 5.37. The summed E-state index contributed by atoms with van der Waals surface area (Å²) < 4.78 is 6.37. The van der Waals surface area contributed by atoms with E-state index in [9.17, 15) is 14.7 Å². The molecule has 1 amide bonds. The van der Waals surface area contributed by atoms with Gasteiger partial charge < -0.3 is 14.8 Å². The lowest BCUT2D eigenvalue weighted by molar-refractivity contribution is -0.122. The normalized spacial score (nSPS) is 17.2. The number of nitrogens with one attached hydrogen (secondary N) is 1. The zero-order valence-electron chi connectivity index (χ0n) is 11.7. The predicted molar refractivity (Wildman–Crippen MR) is 76.9 cm³/mol. The topological polar surface area (TPSA) is 84.5 Å². The Bertz CT molecular complexity index is 710. The molecule has 21 heavy (non-hydrogen) atoms. The number of para-hydroxylation sites is 2. The molecular formula is C15H18N2O4. The molecule has 0 saturated heterocycles. The number of aromatic nitrogens is 1. The molecular weight excluding hydrogens is 272 g/mol. The minimum Gasteiger partial charge on any atom is -0.408 e. The van der Waals surface area contributed by atoms with E-state index in [-0.39, 0.29) is 19.0 Å². The van der Waals surface area contributed by atoms with E-state index in [4.69, 9.17) is 4.42 Å². The zero-order valence-corrected chi connectivity index (χ0v) is 11.7. The molecule has 1 aliphatic carbocycles. The van der Waals surface area contributed by atoms with Gasteiger partial charge in [0.15, 0.2) is 5.58 Å². The number of carbonyl (C=O) groups is 1. The molecule has 2 aromatic rings. The summed E-state index contributed by atoms with van der Waals surface area (Å²) >= 11 is 0. The summed E-state index contributed by atoms with van der Waals surface area (Å²) in [6.07, 6.45) is 3.39. The van der Waals surface area contributed by atoms with Gasteiger partial charge in [-0.2, -0.15) is 0 Å². The first kappa shape index (κ1) is 13.9. The van der Waals surface area contributed by atoms with E-state index in [1.165, 1.54) is 4.57 Å². The molecule has 1 aromatic heterocycles. The number of amides is 1. The zero-order chi connectivity index (χ0) is 14.9. The number of aliphatic hydroxyl groups is 1. The van der Waals surface area contributed by atoms with Crippen molar-refractivity contribution in [3.05, 3.63) is 34.8 Å². The fraction of sp³-hybridized carbons (Fsp3) is 0.467. The molecule has 0 unspecified atom stereocenters. The van der Waals surface area contributed by atoms with Gasteiger partial charge in [0, 0.05) is 6.54 Å². The maximum atomic E-state index is 12.0. The molecule has 0 atom stereocenters. The Balaban J connectivity index is 1.69. The second-order valence-electron chi connectivity index (χ2n) is 5.63. The van der Waals surface area contributed by atoms with Crippen LogP contribution in [-0.2, 0) is 11.3 Å². The lowest BCUT2D eigenvalue weighted by Crippen LogP contribution is -2.42. The summed E-state index contributed by atoms with van der Waals surface area (Å²) in [5.41, 5.74) is 0.265. The Morgan fingerprint density at radius 3 is 2.81 bits per heavy atom. The number of carbonyl (C=O) groups excluding carboxylic acids is 1. The molecule has 0 spiro atoms. The maximum absolute atomic E-state index is 12.0. The van der Waals surface area contributed by atoms with Crippen molar-refractivity contribution in [3.63, 3.8) is 0 Å². The smallest absolute Gasteiger partial charge is 0.408 e. The number of benzene rings is 1. The standard InChI is InChI=1S/C15H18N2O4/c18-13(16-10-15(20)7-3-4-8-15)9-17-11-5-1-2-6-12(11)21-14(17)19/h1-2,5-6,20H,3-4,7-10H2,(H,16,18). The van der Waals surface area contributed by atoms with Crippen molar-refractivity contribution in [2.45, 2.75) is 37.8 Å². The van der Waals surface area contributed by atoms with Crippen molar-refractivity contribution in [3.8, 4) is 0 Å². The molecule has 1 saturated carbocycles. The molecule has 0 radical (unpaired) electrons. The summed E-state index contributed by atoms with van der Waals surface area (Å²) in [6.45, 7) is 0.127. The van der Waals surface area contributed by atoms with Crippen molar-refractivity contribution in [1.29, 1.82) is 0 Å². The lowest BCUT2D eigenvalue weighted by atomic mass is 10.0. The van der Waals surface area contributed by atoms with Crippen molar-refractivity contribution in [1.82, 2.24) is 9.88 Å². The predicted octanol–water partition coefficient (Wildman–Crippen LogP) is 1.02. The van der Waals surface area contributed by atoms with E-state index >= 15 is 0 Å². The lowest BCUT2D eigenvalue weighted by Gasteiger charge is -2.22. The quantitative estimate of drug-likeness (QED) is 0.880. The molecule has 112 valence electrons. The van der Waals surface area contributed by atoms with E-state index in [1.54, 1.807) is 24.3 Å². The van der Waals surface area contributed by atoms with Gasteiger partial charge in [-0.3, -0.25) is 9.36 Å². The molecule has 1 heterocycles. The molecule has 0 bridgehead atoms. The van der Waals surface area contributed by atoms with Crippen LogP contribution >= 0.6 is 0 Å². The molecule has 6 nitrogen and oxygen atoms in total. The maximum Gasteiger partial charge on any atom is 0.420 e. The van der Waals surface area contributed by atoms with E-state index in [1.807, 2.05) is 0 Å². The van der Waals surface area contributed by atoms with Crippen LogP contribution in [-0.4, -0.2) is 27.7 Å². The average molecular weight is 290 g/mol. The first-order valence-electron chi connectivity index (χ1n) is 7.15. The molecule has 3 rings (SSSR count). The van der Waals surface area contributed by atoms with Crippen LogP contribution in [0.25, 0.3) is 11.1 Å². The number of nitrogens with zero attached hydrogens (tertiary/aromatic N) is 1. The van der Waals surface area contributed by atoms with Gasteiger partial charge in [-0.25, -0.2) is 4.79 Å². The first-order valence-corrected chi connectivity index (χ1v) is 7.15. The van der Waals surface area contributed by atoms with Crippen LogP contribution in [0.1, 0.15) is 25.7 Å². The van der Waals surface area contributed by atoms with Crippen LogP contribution in [0.2, 0.25) is 0 Å². The fourth-order valence-electron chi connectivity index (χ4n) is 2.84. The van der Waals surface area contributed by atoms with E-state index in [2.05, 4.69) is 5.32 Å². The van der Waals surface area contributed by atoms with E-state index in [0.29, 0.717) is 23.9 Å². The van der Waals surface area contributed by atoms with Gasteiger partial charge in [0.1, 0.15) is 6.54 Å². The molecule has 6 heteroatoms.